The summed E-state index contributed by atoms with van der Waals surface area (Å²) in [6, 6.07) is 12.3. The molecule has 5 rings (SSSR count). The molecule has 0 saturated carbocycles. The molecule has 0 saturated heterocycles. The van der Waals surface area contributed by atoms with Crippen LogP contribution in [0.3, 0.4) is 0 Å². The van der Waals surface area contributed by atoms with Crippen LogP contribution in [0.1, 0.15) is 97.9 Å². The highest BCUT2D eigenvalue weighted by Gasteiger charge is 2.35. The standard InChI is InChI=1S/C39H44BrN7O7S/c1-8-54-34(51)26(14-11-19-47-32(49)23-12-9-10-13-24(23)33(47)50)42-30(48)21-15-17-22(18-16-21)41-20-25-27-29(43-35(52)38(2,3)4)44-37(45-31(27)55-28(25)40)46-36(53)39(5,6)7/h9-10,12-13,15-18,26,41H,8,11,14,19-20H2,1-7H3,(H,42,48)(H2,43,44,45,46,52,53). The largest absolute Gasteiger partial charge is 0.464 e. The fraction of sp³-hybridized carbons (Fsp3) is 0.385. The van der Waals surface area contributed by atoms with Gasteiger partial charge in [-0.05, 0) is 72.1 Å². The van der Waals surface area contributed by atoms with Crippen LogP contribution < -0.4 is 21.3 Å². The summed E-state index contributed by atoms with van der Waals surface area (Å²) >= 11 is 4.98. The molecular weight excluding hydrogens is 790 g/mol. The van der Waals surface area contributed by atoms with Crippen LogP contribution in [0, 0.1) is 10.8 Å². The lowest BCUT2D eigenvalue weighted by molar-refractivity contribution is -0.145. The minimum Gasteiger partial charge on any atom is -0.464 e. The molecule has 16 heteroatoms. The molecule has 2 aromatic heterocycles. The molecule has 0 aliphatic carbocycles. The molecule has 1 atom stereocenters. The van der Waals surface area contributed by atoms with Crippen molar-refractivity contribution >= 4 is 90.4 Å². The van der Waals surface area contributed by atoms with Gasteiger partial charge in [0.1, 0.15) is 16.7 Å². The second-order valence-corrected chi connectivity index (χ2v) is 17.3. The van der Waals surface area contributed by atoms with Gasteiger partial charge in [0.05, 0.1) is 26.9 Å². The quantitative estimate of drug-likeness (QED) is 0.0827. The Morgan fingerprint density at radius 1 is 0.873 bits per heavy atom. The van der Waals surface area contributed by atoms with E-state index in [1.807, 2.05) is 0 Å². The van der Waals surface area contributed by atoms with Crippen molar-refractivity contribution in [3.8, 4) is 0 Å². The fourth-order valence-electron chi connectivity index (χ4n) is 5.48. The zero-order valence-corrected chi connectivity index (χ0v) is 34.1. The zero-order valence-electron chi connectivity index (χ0n) is 31.7. The number of rotatable bonds is 13. The van der Waals surface area contributed by atoms with Gasteiger partial charge in [-0.15, -0.1) is 11.3 Å². The maximum Gasteiger partial charge on any atom is 0.328 e. The van der Waals surface area contributed by atoms with Crippen molar-refractivity contribution in [3.05, 3.63) is 74.6 Å². The minimum atomic E-state index is -0.998. The molecule has 14 nitrogen and oxygen atoms in total. The second-order valence-electron chi connectivity index (χ2n) is 15.0. The predicted molar refractivity (Wildman–Crippen MR) is 214 cm³/mol. The highest BCUT2D eigenvalue weighted by atomic mass is 79.9. The Morgan fingerprint density at radius 3 is 2.05 bits per heavy atom. The van der Waals surface area contributed by atoms with Gasteiger partial charge in [0, 0.05) is 40.7 Å². The van der Waals surface area contributed by atoms with Crippen LogP contribution in [-0.4, -0.2) is 69.6 Å². The normalized spacial score (nSPS) is 13.3. The third-order valence-electron chi connectivity index (χ3n) is 8.67. The molecule has 0 fully saturated rings. The number of ether oxygens (including phenoxy) is 1. The van der Waals surface area contributed by atoms with Crippen molar-refractivity contribution in [3.63, 3.8) is 0 Å². The summed E-state index contributed by atoms with van der Waals surface area (Å²) in [5.74, 6) is -2.08. The number of amides is 5. The summed E-state index contributed by atoms with van der Waals surface area (Å²) in [4.78, 5) is 88.3. The van der Waals surface area contributed by atoms with Crippen LogP contribution in [0.5, 0.6) is 0 Å². The lowest BCUT2D eigenvalue weighted by atomic mass is 9.95. The second kappa shape index (κ2) is 16.7. The van der Waals surface area contributed by atoms with Crippen LogP contribution in [0.2, 0.25) is 0 Å². The number of halogens is 1. The summed E-state index contributed by atoms with van der Waals surface area (Å²) in [6.45, 7) is 12.9. The van der Waals surface area contributed by atoms with Crippen LogP contribution in [0.15, 0.2) is 52.3 Å². The number of benzene rings is 2. The molecule has 290 valence electrons. The lowest BCUT2D eigenvalue weighted by Crippen LogP contribution is -2.42. The van der Waals surface area contributed by atoms with Crippen molar-refractivity contribution in [2.24, 2.45) is 10.8 Å². The van der Waals surface area contributed by atoms with E-state index in [-0.39, 0.29) is 61.4 Å². The molecule has 0 bridgehead atoms. The average Bonchev–Trinajstić information content (AvgIpc) is 3.57. The first-order valence-electron chi connectivity index (χ1n) is 17.8. The first-order valence-corrected chi connectivity index (χ1v) is 19.4. The number of aromatic nitrogens is 2. The Morgan fingerprint density at radius 2 is 1.47 bits per heavy atom. The summed E-state index contributed by atoms with van der Waals surface area (Å²) in [5.41, 5.74) is 1.04. The maximum absolute atomic E-state index is 13.3. The summed E-state index contributed by atoms with van der Waals surface area (Å²) in [5, 5.41) is 12.4. The van der Waals surface area contributed by atoms with Gasteiger partial charge in [0.2, 0.25) is 17.8 Å². The fourth-order valence-corrected chi connectivity index (χ4v) is 7.20. The van der Waals surface area contributed by atoms with Crippen LogP contribution in [0.25, 0.3) is 10.2 Å². The smallest absolute Gasteiger partial charge is 0.328 e. The number of imide groups is 1. The number of carbonyl (C=O) groups excluding carboxylic acids is 6. The van der Waals surface area contributed by atoms with E-state index < -0.39 is 28.7 Å². The molecule has 4 N–H and O–H groups in total. The van der Waals surface area contributed by atoms with E-state index >= 15 is 0 Å². The Kier molecular flexibility index (Phi) is 12.4. The number of esters is 1. The minimum absolute atomic E-state index is 0.0757. The molecule has 1 aliphatic heterocycles. The maximum atomic E-state index is 13.3. The number of hydrogen-bond donors (Lipinski definition) is 4. The third-order valence-corrected chi connectivity index (χ3v) is 10.5. The number of anilines is 3. The van der Waals surface area contributed by atoms with Crippen LogP contribution in [0.4, 0.5) is 17.5 Å². The summed E-state index contributed by atoms with van der Waals surface area (Å²) < 4.78 is 5.95. The van der Waals surface area contributed by atoms with Gasteiger partial charge in [-0.2, -0.15) is 4.98 Å². The Balaban J connectivity index is 1.27. The van der Waals surface area contributed by atoms with Gasteiger partial charge < -0.3 is 20.7 Å². The molecular formula is C39H44BrN7O7S. The molecule has 1 unspecified atom stereocenters. The average molecular weight is 835 g/mol. The van der Waals surface area contributed by atoms with E-state index in [0.29, 0.717) is 39.1 Å². The Hall–Kier alpha value is -5.22. The lowest BCUT2D eigenvalue weighted by Gasteiger charge is -2.20. The van der Waals surface area contributed by atoms with Gasteiger partial charge in [-0.25, -0.2) is 9.78 Å². The molecule has 4 aromatic rings. The van der Waals surface area contributed by atoms with E-state index in [2.05, 4.69) is 47.2 Å². The monoisotopic (exact) mass is 833 g/mol. The van der Waals surface area contributed by atoms with E-state index in [1.165, 1.54) is 11.3 Å². The van der Waals surface area contributed by atoms with E-state index in [0.717, 1.165) is 14.2 Å². The summed E-state index contributed by atoms with van der Waals surface area (Å²) in [7, 11) is 0. The highest BCUT2D eigenvalue weighted by Crippen LogP contribution is 2.39. The predicted octanol–water partition coefficient (Wildman–Crippen LogP) is 6.77. The molecule has 1 aliphatic rings. The molecule has 0 radical (unpaired) electrons. The van der Waals surface area contributed by atoms with E-state index in [4.69, 9.17) is 4.74 Å². The Bertz CT molecular complexity index is 2120. The summed E-state index contributed by atoms with van der Waals surface area (Å²) in [6.07, 6.45) is 0.415. The van der Waals surface area contributed by atoms with Gasteiger partial charge in [-0.1, -0.05) is 53.7 Å². The van der Waals surface area contributed by atoms with Crippen molar-refractivity contribution in [1.82, 2.24) is 20.2 Å². The number of carbonyl (C=O) groups is 6. The zero-order chi connectivity index (χ0) is 40.2. The van der Waals surface area contributed by atoms with Crippen molar-refractivity contribution in [2.75, 3.05) is 29.1 Å². The van der Waals surface area contributed by atoms with Gasteiger partial charge in [0.15, 0.2) is 0 Å². The van der Waals surface area contributed by atoms with Crippen molar-refractivity contribution in [2.45, 2.75) is 73.9 Å². The van der Waals surface area contributed by atoms with E-state index in [9.17, 15) is 28.8 Å². The number of thiophene rings is 1. The topological polar surface area (TPSA) is 189 Å². The molecule has 2 aromatic carbocycles. The van der Waals surface area contributed by atoms with Crippen molar-refractivity contribution in [1.29, 1.82) is 0 Å². The third kappa shape index (κ3) is 9.54. The number of fused-ring (bicyclic) bond motifs is 2. The molecule has 5 amide bonds. The first kappa shape index (κ1) is 41.0. The van der Waals surface area contributed by atoms with Crippen LogP contribution in [-0.2, 0) is 25.7 Å². The molecule has 0 spiro atoms. The van der Waals surface area contributed by atoms with Gasteiger partial charge in [0.25, 0.3) is 17.7 Å². The number of hydrogen-bond acceptors (Lipinski definition) is 11. The SMILES string of the molecule is CCOC(=O)C(CCCN1C(=O)c2ccccc2C1=O)NC(=O)c1ccc(NCc2c(Br)sc3nc(NC(=O)C(C)(C)C)nc(NC(=O)C(C)(C)C)c23)cc1. The Labute approximate surface area is 331 Å². The highest BCUT2D eigenvalue weighted by molar-refractivity contribution is 9.11. The van der Waals surface area contributed by atoms with Crippen LogP contribution >= 0.6 is 27.3 Å². The van der Waals surface area contributed by atoms with E-state index in [1.54, 1.807) is 97.0 Å². The van der Waals surface area contributed by atoms with Crippen molar-refractivity contribution < 1.29 is 33.5 Å². The van der Waals surface area contributed by atoms with Gasteiger partial charge in [-0.3, -0.25) is 34.2 Å². The first-order chi connectivity index (χ1) is 25.9. The molecule has 3 heterocycles. The molecule has 55 heavy (non-hydrogen) atoms. The van der Waals surface area contributed by atoms with Gasteiger partial charge >= 0.3 is 5.97 Å². The number of nitrogens with zero attached hydrogens (tertiary/aromatic N) is 3. The number of nitrogens with one attached hydrogen (secondary N) is 4.